The number of ketones is 1. The Balaban J connectivity index is 1.65. The summed E-state index contributed by atoms with van der Waals surface area (Å²) in [4.78, 5) is 29.3. The summed E-state index contributed by atoms with van der Waals surface area (Å²) in [6.07, 6.45) is 0. The number of carbonyl (C=O) groups is 2. The van der Waals surface area contributed by atoms with Crippen molar-refractivity contribution in [3.63, 3.8) is 0 Å². The molecule has 0 amide bonds. The number of esters is 1. The molecule has 0 bridgehead atoms. The van der Waals surface area contributed by atoms with Crippen LogP contribution in [0, 0.1) is 13.8 Å². The Hall–Kier alpha value is -3.77. The van der Waals surface area contributed by atoms with Crippen molar-refractivity contribution < 1.29 is 14.3 Å². The Morgan fingerprint density at radius 3 is 2.38 bits per heavy atom. The van der Waals surface area contributed by atoms with Gasteiger partial charge < -0.3 is 4.74 Å². The van der Waals surface area contributed by atoms with Crippen molar-refractivity contribution in [2.45, 2.75) is 13.8 Å². The molecule has 32 heavy (non-hydrogen) atoms. The van der Waals surface area contributed by atoms with Crippen LogP contribution in [-0.2, 0) is 4.74 Å². The number of rotatable bonds is 6. The number of carbonyl (C=O) groups excluding carboxylic acids is 2. The molecule has 1 aromatic heterocycles. The van der Waals surface area contributed by atoms with Gasteiger partial charge in [-0.2, -0.15) is 0 Å². The quantitative estimate of drug-likeness (QED) is 0.299. The Bertz CT molecular complexity index is 1280. The van der Waals surface area contributed by atoms with Gasteiger partial charge in [-0.05, 0) is 31.5 Å². The number of hydrogen-bond acceptors (Lipinski definition) is 5. The van der Waals surface area contributed by atoms with Gasteiger partial charge in [0, 0.05) is 16.1 Å². The predicted octanol–water partition coefficient (Wildman–Crippen LogP) is 5.24. The molecule has 0 aliphatic heterocycles. The molecule has 4 aromatic rings. The van der Waals surface area contributed by atoms with E-state index in [0.29, 0.717) is 22.1 Å². The molecule has 0 atom stereocenters. The van der Waals surface area contributed by atoms with Crippen LogP contribution in [0.3, 0.4) is 0 Å². The van der Waals surface area contributed by atoms with Crippen LogP contribution in [0.15, 0.2) is 72.8 Å². The molecule has 0 N–H and O–H groups in total. The number of Topliss-reactive ketones (excluding diaryl/α,β-unsaturated/α-hetero) is 1. The number of benzene rings is 3. The van der Waals surface area contributed by atoms with E-state index in [0.717, 1.165) is 16.7 Å². The number of halogens is 1. The van der Waals surface area contributed by atoms with E-state index in [4.69, 9.17) is 16.3 Å². The van der Waals surface area contributed by atoms with E-state index in [-0.39, 0.29) is 11.6 Å². The molecule has 4 rings (SSSR count). The topological polar surface area (TPSA) is 74.1 Å². The van der Waals surface area contributed by atoms with Gasteiger partial charge in [-0.3, -0.25) is 4.79 Å². The minimum atomic E-state index is -0.778. The van der Waals surface area contributed by atoms with Crippen LogP contribution in [0.5, 0.6) is 0 Å². The number of ether oxygens (including phenoxy) is 1. The van der Waals surface area contributed by atoms with Gasteiger partial charge in [-0.1, -0.05) is 77.8 Å². The van der Waals surface area contributed by atoms with E-state index >= 15 is 0 Å². The van der Waals surface area contributed by atoms with Gasteiger partial charge in [0.25, 0.3) is 5.82 Å². The maximum Gasteiger partial charge on any atom is 0.378 e. The zero-order chi connectivity index (χ0) is 22.7. The maximum absolute atomic E-state index is 12.6. The van der Waals surface area contributed by atoms with Crippen molar-refractivity contribution in [3.05, 3.63) is 100 Å². The number of nitrogens with zero attached hydrogens (tertiary/aromatic N) is 3. The Kier molecular flexibility index (Phi) is 6.14. The van der Waals surface area contributed by atoms with Crippen molar-refractivity contribution in [3.8, 4) is 17.1 Å². The second kappa shape index (κ2) is 9.16. The number of hydrogen-bond donors (Lipinski definition) is 0. The monoisotopic (exact) mass is 445 g/mol. The van der Waals surface area contributed by atoms with Crippen LogP contribution in [0.2, 0.25) is 5.02 Å². The summed E-state index contributed by atoms with van der Waals surface area (Å²) in [5, 5.41) is 4.94. The van der Waals surface area contributed by atoms with Gasteiger partial charge in [0.2, 0.25) is 0 Å². The summed E-state index contributed by atoms with van der Waals surface area (Å²) in [5.74, 6) is -0.758. The van der Waals surface area contributed by atoms with Crippen LogP contribution in [0.25, 0.3) is 17.1 Å². The molecule has 0 spiro atoms. The van der Waals surface area contributed by atoms with Crippen LogP contribution < -0.4 is 0 Å². The molecule has 7 heteroatoms. The minimum absolute atomic E-state index is 0.141. The highest BCUT2D eigenvalue weighted by atomic mass is 35.5. The fraction of sp³-hybridized carbons (Fsp3) is 0.120. The van der Waals surface area contributed by atoms with Crippen LogP contribution >= 0.6 is 11.6 Å². The van der Waals surface area contributed by atoms with E-state index in [1.54, 1.807) is 35.0 Å². The molecular formula is C25H20ClN3O3. The fourth-order valence-corrected chi connectivity index (χ4v) is 3.26. The normalized spacial score (nSPS) is 10.7. The molecule has 0 saturated carbocycles. The predicted molar refractivity (Wildman–Crippen MR) is 122 cm³/mol. The van der Waals surface area contributed by atoms with Crippen molar-refractivity contribution in [2.24, 2.45) is 0 Å². The first kappa shape index (κ1) is 21.5. The Morgan fingerprint density at radius 1 is 0.969 bits per heavy atom. The van der Waals surface area contributed by atoms with Crippen LogP contribution in [0.1, 0.15) is 32.1 Å². The second-order valence-corrected chi connectivity index (χ2v) is 7.74. The first-order chi connectivity index (χ1) is 15.4. The van der Waals surface area contributed by atoms with E-state index in [2.05, 4.69) is 10.1 Å². The Labute approximate surface area is 190 Å². The van der Waals surface area contributed by atoms with E-state index in [9.17, 15) is 9.59 Å². The van der Waals surface area contributed by atoms with Crippen molar-refractivity contribution >= 4 is 23.4 Å². The van der Waals surface area contributed by atoms with Crippen LogP contribution in [-0.4, -0.2) is 33.1 Å². The zero-order valence-corrected chi connectivity index (χ0v) is 18.3. The first-order valence-corrected chi connectivity index (χ1v) is 10.4. The van der Waals surface area contributed by atoms with E-state index in [1.807, 2.05) is 56.3 Å². The standard InChI is InChI=1S/C25H20ClN3O3/c1-16-8-11-19(12-9-16)24-27-23(28-29(24)20-13-10-17(2)21(26)14-20)25(31)32-15-22(30)18-6-4-3-5-7-18/h3-14H,15H2,1-2H3. The number of aromatic nitrogens is 3. The molecule has 6 nitrogen and oxygen atoms in total. The largest absolute Gasteiger partial charge is 0.451 e. The van der Waals surface area contributed by atoms with Crippen molar-refractivity contribution in [2.75, 3.05) is 6.61 Å². The van der Waals surface area contributed by atoms with Gasteiger partial charge in [0.1, 0.15) is 0 Å². The summed E-state index contributed by atoms with van der Waals surface area (Å²) < 4.78 is 6.74. The highest BCUT2D eigenvalue weighted by molar-refractivity contribution is 6.31. The lowest BCUT2D eigenvalue weighted by molar-refractivity contribution is 0.0462. The highest BCUT2D eigenvalue weighted by Crippen LogP contribution is 2.25. The van der Waals surface area contributed by atoms with Crippen LogP contribution in [0.4, 0.5) is 0 Å². The third kappa shape index (κ3) is 4.60. The lowest BCUT2D eigenvalue weighted by Gasteiger charge is -2.08. The molecule has 1 heterocycles. The van der Waals surface area contributed by atoms with Gasteiger partial charge in [-0.15, -0.1) is 5.10 Å². The molecule has 3 aromatic carbocycles. The SMILES string of the molecule is Cc1ccc(-c2nc(C(=O)OCC(=O)c3ccccc3)nn2-c2ccc(C)c(Cl)c2)cc1. The van der Waals surface area contributed by atoms with E-state index in [1.165, 1.54) is 0 Å². The minimum Gasteiger partial charge on any atom is -0.451 e. The highest BCUT2D eigenvalue weighted by Gasteiger charge is 2.21. The smallest absolute Gasteiger partial charge is 0.378 e. The zero-order valence-electron chi connectivity index (χ0n) is 17.6. The average molecular weight is 446 g/mol. The lowest BCUT2D eigenvalue weighted by Crippen LogP contribution is -2.15. The summed E-state index contributed by atoms with van der Waals surface area (Å²) >= 11 is 6.30. The maximum atomic E-state index is 12.6. The molecule has 0 fully saturated rings. The molecular weight excluding hydrogens is 426 g/mol. The molecule has 0 unspecified atom stereocenters. The Morgan fingerprint density at radius 2 is 1.69 bits per heavy atom. The second-order valence-electron chi connectivity index (χ2n) is 7.34. The first-order valence-electron chi connectivity index (χ1n) is 9.98. The molecule has 160 valence electrons. The average Bonchev–Trinajstić information content (AvgIpc) is 3.25. The number of aryl methyl sites for hydroxylation is 2. The molecule has 0 aliphatic rings. The lowest BCUT2D eigenvalue weighted by atomic mass is 10.1. The fourth-order valence-electron chi connectivity index (χ4n) is 3.08. The van der Waals surface area contributed by atoms with Gasteiger partial charge in [0.15, 0.2) is 18.2 Å². The van der Waals surface area contributed by atoms with E-state index < -0.39 is 12.6 Å². The molecule has 0 radical (unpaired) electrons. The summed E-state index contributed by atoms with van der Waals surface area (Å²) in [6, 6.07) is 21.8. The van der Waals surface area contributed by atoms with Crippen molar-refractivity contribution in [1.82, 2.24) is 14.8 Å². The summed E-state index contributed by atoms with van der Waals surface area (Å²) in [7, 11) is 0. The molecule has 0 aliphatic carbocycles. The van der Waals surface area contributed by atoms with Gasteiger partial charge in [-0.25, -0.2) is 14.5 Å². The van der Waals surface area contributed by atoms with Crippen molar-refractivity contribution in [1.29, 1.82) is 0 Å². The summed E-state index contributed by atoms with van der Waals surface area (Å²) in [6.45, 7) is 3.50. The third-order valence-electron chi connectivity index (χ3n) is 4.93. The summed E-state index contributed by atoms with van der Waals surface area (Å²) in [5.41, 5.74) is 3.92. The third-order valence-corrected chi connectivity index (χ3v) is 5.34. The van der Waals surface area contributed by atoms with Gasteiger partial charge in [0.05, 0.1) is 5.69 Å². The molecule has 0 saturated heterocycles. The van der Waals surface area contributed by atoms with Gasteiger partial charge >= 0.3 is 5.97 Å².